The molecule has 0 bridgehead atoms. The Morgan fingerprint density at radius 2 is 1.87 bits per heavy atom. The average Bonchev–Trinajstić information content (AvgIpc) is 2.58. The summed E-state index contributed by atoms with van der Waals surface area (Å²) in [5, 5.41) is 12.4. The number of hydrogen-bond acceptors (Lipinski definition) is 3. The Kier molecular flexibility index (Phi) is 5.60. The van der Waals surface area contributed by atoms with Crippen LogP contribution in [0.15, 0.2) is 60.3 Å². The Morgan fingerprint density at radius 3 is 2.52 bits per heavy atom. The molecule has 5 heteroatoms. The monoisotopic (exact) mass is 317 g/mol. The van der Waals surface area contributed by atoms with E-state index in [4.69, 9.17) is 0 Å². The van der Waals surface area contributed by atoms with E-state index < -0.39 is 23.5 Å². The highest BCUT2D eigenvalue weighted by atomic mass is 19.2. The molecule has 1 unspecified atom stereocenters. The largest absolute Gasteiger partial charge is 0.394 e. The van der Waals surface area contributed by atoms with Crippen LogP contribution in [-0.4, -0.2) is 17.5 Å². The minimum atomic E-state index is -1.16. The van der Waals surface area contributed by atoms with E-state index in [0.717, 1.165) is 11.6 Å². The van der Waals surface area contributed by atoms with Crippen molar-refractivity contribution in [2.45, 2.75) is 13.0 Å². The molecule has 0 spiro atoms. The number of rotatable bonds is 6. The molecule has 0 radical (unpaired) electrons. The lowest BCUT2D eigenvalue weighted by molar-refractivity contribution is 0.102. The van der Waals surface area contributed by atoms with E-state index in [1.54, 1.807) is 0 Å². The Bertz CT molecular complexity index is 714. The maximum absolute atomic E-state index is 13.7. The van der Waals surface area contributed by atoms with Crippen molar-refractivity contribution in [3.8, 4) is 0 Å². The van der Waals surface area contributed by atoms with Crippen molar-refractivity contribution in [3.63, 3.8) is 0 Å². The van der Waals surface area contributed by atoms with Crippen molar-refractivity contribution < 1.29 is 18.7 Å². The predicted molar refractivity (Wildman–Crippen MR) is 83.9 cm³/mol. The summed E-state index contributed by atoms with van der Waals surface area (Å²) in [5.41, 5.74) is 0.744. The Morgan fingerprint density at radius 1 is 1.17 bits per heavy atom. The van der Waals surface area contributed by atoms with E-state index in [9.17, 15) is 18.7 Å². The molecule has 0 fully saturated rings. The molecule has 23 heavy (non-hydrogen) atoms. The molecule has 1 atom stereocenters. The van der Waals surface area contributed by atoms with E-state index in [2.05, 4.69) is 5.32 Å². The lowest BCUT2D eigenvalue weighted by Crippen LogP contribution is -2.20. The third-order valence-electron chi connectivity index (χ3n) is 3.44. The number of allylic oxidation sites excluding steroid dienone is 1. The summed E-state index contributed by atoms with van der Waals surface area (Å²) in [4.78, 5) is 12.2. The van der Waals surface area contributed by atoms with Gasteiger partial charge in [-0.3, -0.25) is 4.79 Å². The third-order valence-corrected chi connectivity index (χ3v) is 3.44. The molecule has 3 nitrogen and oxygen atoms in total. The summed E-state index contributed by atoms with van der Waals surface area (Å²) in [6.45, 7) is 1.33. The molecule has 2 aromatic rings. The van der Waals surface area contributed by atoms with Crippen molar-refractivity contribution in [2.24, 2.45) is 0 Å². The van der Waals surface area contributed by atoms with Crippen LogP contribution in [0.1, 0.15) is 28.9 Å². The normalized spacial score (nSPS) is 12.8. The maximum Gasteiger partial charge on any atom is 0.193 e. The molecule has 2 aromatic carbocycles. The first-order chi connectivity index (χ1) is 11.0. The van der Waals surface area contributed by atoms with Crippen LogP contribution in [0.2, 0.25) is 0 Å². The molecule has 120 valence electrons. The highest BCUT2D eigenvalue weighted by Gasteiger charge is 2.17. The molecule has 0 saturated carbocycles. The second-order valence-corrected chi connectivity index (χ2v) is 5.07. The van der Waals surface area contributed by atoms with Crippen molar-refractivity contribution in [1.29, 1.82) is 0 Å². The van der Waals surface area contributed by atoms with Crippen molar-refractivity contribution >= 4 is 5.78 Å². The summed E-state index contributed by atoms with van der Waals surface area (Å²) < 4.78 is 26.9. The average molecular weight is 317 g/mol. The van der Waals surface area contributed by atoms with Gasteiger partial charge in [0.25, 0.3) is 0 Å². The van der Waals surface area contributed by atoms with Crippen molar-refractivity contribution in [3.05, 3.63) is 83.1 Å². The summed E-state index contributed by atoms with van der Waals surface area (Å²) in [7, 11) is 0. The number of hydrogen-bond donors (Lipinski definition) is 2. The number of aliphatic hydroxyl groups excluding tert-OH is 1. The molecule has 0 aromatic heterocycles. The Labute approximate surface area is 133 Å². The summed E-state index contributed by atoms with van der Waals surface area (Å²) >= 11 is 0. The minimum Gasteiger partial charge on any atom is -0.394 e. The zero-order valence-electron chi connectivity index (χ0n) is 12.6. The second-order valence-electron chi connectivity index (χ2n) is 5.07. The SMILES string of the molecule is C/C(=C\NC(CO)c1ccccc1)C(=O)c1cccc(F)c1F. The van der Waals surface area contributed by atoms with Crippen molar-refractivity contribution in [1.82, 2.24) is 5.32 Å². The number of aliphatic hydroxyl groups is 1. The van der Waals surface area contributed by atoms with Gasteiger partial charge in [-0.05, 0) is 24.6 Å². The highest BCUT2D eigenvalue weighted by Crippen LogP contribution is 2.16. The van der Waals surface area contributed by atoms with Gasteiger partial charge in [0.1, 0.15) is 0 Å². The molecule has 2 rings (SSSR count). The molecular formula is C18H17F2NO2. The van der Waals surface area contributed by atoms with Gasteiger partial charge in [-0.15, -0.1) is 0 Å². The molecule has 0 aliphatic heterocycles. The fraction of sp³-hybridized carbons (Fsp3) is 0.167. The second kappa shape index (κ2) is 7.65. The molecular weight excluding hydrogens is 300 g/mol. The van der Waals surface area contributed by atoms with E-state index in [-0.39, 0.29) is 17.7 Å². The van der Waals surface area contributed by atoms with E-state index >= 15 is 0 Å². The zero-order chi connectivity index (χ0) is 16.8. The first-order valence-corrected chi connectivity index (χ1v) is 7.12. The molecule has 0 amide bonds. The van der Waals surface area contributed by atoms with Crippen LogP contribution in [0.25, 0.3) is 0 Å². The number of halogens is 2. The van der Waals surface area contributed by atoms with Gasteiger partial charge in [-0.1, -0.05) is 36.4 Å². The zero-order valence-corrected chi connectivity index (χ0v) is 12.6. The van der Waals surface area contributed by atoms with Gasteiger partial charge in [0.2, 0.25) is 0 Å². The van der Waals surface area contributed by atoms with E-state index in [0.29, 0.717) is 0 Å². The number of Topliss-reactive ketones (excluding diaryl/α,β-unsaturated/α-hetero) is 1. The van der Waals surface area contributed by atoms with Gasteiger partial charge in [-0.25, -0.2) is 8.78 Å². The molecule has 0 heterocycles. The predicted octanol–water partition coefficient (Wildman–Crippen LogP) is 3.37. The Balaban J connectivity index is 2.15. The molecule has 2 N–H and O–H groups in total. The number of ketones is 1. The van der Waals surface area contributed by atoms with E-state index in [1.807, 2.05) is 30.3 Å². The fourth-order valence-electron chi connectivity index (χ4n) is 2.12. The van der Waals surface area contributed by atoms with Gasteiger partial charge >= 0.3 is 0 Å². The highest BCUT2D eigenvalue weighted by molar-refractivity contribution is 6.08. The lowest BCUT2D eigenvalue weighted by Gasteiger charge is -2.15. The standard InChI is InChI=1S/C18H17F2NO2/c1-12(18(23)14-8-5-9-15(19)17(14)20)10-21-16(11-22)13-6-3-2-4-7-13/h2-10,16,21-22H,11H2,1H3/b12-10+. The smallest absolute Gasteiger partial charge is 0.193 e. The topological polar surface area (TPSA) is 49.3 Å². The van der Waals surface area contributed by atoms with Crippen LogP contribution >= 0.6 is 0 Å². The van der Waals surface area contributed by atoms with Gasteiger partial charge in [0.15, 0.2) is 17.4 Å². The minimum absolute atomic E-state index is 0.170. The third kappa shape index (κ3) is 4.02. The van der Waals surface area contributed by atoms with Crippen LogP contribution in [0.3, 0.4) is 0 Å². The first-order valence-electron chi connectivity index (χ1n) is 7.12. The lowest BCUT2D eigenvalue weighted by atomic mass is 10.0. The molecule has 0 aliphatic carbocycles. The van der Waals surface area contributed by atoms with Crippen molar-refractivity contribution in [2.75, 3.05) is 6.61 Å². The summed E-state index contributed by atoms with van der Waals surface area (Å²) in [6.07, 6.45) is 1.40. The molecule has 0 aliphatic rings. The summed E-state index contributed by atoms with van der Waals surface area (Å²) in [5.74, 6) is -2.83. The maximum atomic E-state index is 13.7. The number of benzene rings is 2. The van der Waals surface area contributed by atoms with Crippen LogP contribution in [0.4, 0.5) is 8.78 Å². The van der Waals surface area contributed by atoms with Gasteiger partial charge in [0.05, 0.1) is 18.2 Å². The summed E-state index contributed by atoms with van der Waals surface area (Å²) in [6, 6.07) is 12.3. The van der Waals surface area contributed by atoms with Crippen LogP contribution in [0, 0.1) is 11.6 Å². The quantitative estimate of drug-likeness (QED) is 0.634. The molecule has 0 saturated heterocycles. The number of nitrogens with one attached hydrogen (secondary N) is 1. The van der Waals surface area contributed by atoms with Crippen LogP contribution in [-0.2, 0) is 0 Å². The Hall–Kier alpha value is -2.53. The number of carbonyl (C=O) groups is 1. The first kappa shape index (κ1) is 16.8. The van der Waals surface area contributed by atoms with Crippen LogP contribution < -0.4 is 5.32 Å². The van der Waals surface area contributed by atoms with Gasteiger partial charge in [0, 0.05) is 11.8 Å². The van der Waals surface area contributed by atoms with E-state index in [1.165, 1.54) is 25.3 Å². The van der Waals surface area contributed by atoms with Gasteiger partial charge in [-0.2, -0.15) is 0 Å². The fourth-order valence-corrected chi connectivity index (χ4v) is 2.12. The number of carbonyl (C=O) groups excluding carboxylic acids is 1. The van der Waals surface area contributed by atoms with Gasteiger partial charge < -0.3 is 10.4 Å². The van der Waals surface area contributed by atoms with Crippen LogP contribution in [0.5, 0.6) is 0 Å².